The zero-order valence-corrected chi connectivity index (χ0v) is 21.3. The Balaban J connectivity index is 1.50. The van der Waals surface area contributed by atoms with Crippen molar-refractivity contribution in [3.63, 3.8) is 0 Å². The molecule has 13 heteroatoms. The van der Waals surface area contributed by atoms with E-state index in [0.717, 1.165) is 0 Å². The molecule has 1 amide bonds. The molecule has 198 valence electrons. The van der Waals surface area contributed by atoms with Crippen LogP contribution in [0.5, 0.6) is 11.5 Å². The fraction of sp³-hybridized carbons (Fsp3) is 0.160. The Hall–Kier alpha value is -4.78. The molecule has 12 nitrogen and oxygen atoms in total. The number of benzene rings is 3. The number of aromatic amines is 2. The predicted molar refractivity (Wildman–Crippen MR) is 139 cm³/mol. The van der Waals surface area contributed by atoms with Crippen molar-refractivity contribution in [2.75, 3.05) is 24.3 Å². The lowest BCUT2D eigenvalue weighted by Gasteiger charge is -2.17. The molecule has 38 heavy (non-hydrogen) atoms. The second kappa shape index (κ2) is 10.7. The standard InChI is InChI=1S/C25H24N4O8S/c1-14(23(30)26-21-12-15(35-2)8-11-22(21)36-3)37-24(31)17-6-4-5-7-18(17)29-38(33,34)16-9-10-19-20(13-16)28-25(32)27-19/h4-14,29H,1-3H3,(H,26,30)(H2,27,28,32)/t14-/m0/s1. The van der Waals surface area contributed by atoms with Gasteiger partial charge in [-0.05, 0) is 49.4 Å². The van der Waals surface area contributed by atoms with Crippen LogP contribution >= 0.6 is 0 Å². The number of hydrogen-bond acceptors (Lipinski definition) is 8. The first-order valence-corrected chi connectivity index (χ1v) is 12.7. The summed E-state index contributed by atoms with van der Waals surface area (Å²) in [6.07, 6.45) is -1.24. The molecule has 1 aromatic heterocycles. The smallest absolute Gasteiger partial charge is 0.341 e. The van der Waals surface area contributed by atoms with Gasteiger partial charge in [0.2, 0.25) is 0 Å². The van der Waals surface area contributed by atoms with E-state index >= 15 is 0 Å². The normalized spacial score (nSPS) is 12.0. The lowest BCUT2D eigenvalue weighted by atomic mass is 10.2. The monoisotopic (exact) mass is 540 g/mol. The fourth-order valence-corrected chi connectivity index (χ4v) is 4.66. The Morgan fingerprint density at radius 3 is 2.37 bits per heavy atom. The van der Waals surface area contributed by atoms with Crippen LogP contribution in [-0.2, 0) is 19.6 Å². The first kappa shape index (κ1) is 26.3. The maximum Gasteiger partial charge on any atom is 0.341 e. The van der Waals surface area contributed by atoms with Gasteiger partial charge in [-0.2, -0.15) is 0 Å². The topological polar surface area (TPSA) is 169 Å². The molecular weight excluding hydrogens is 516 g/mol. The van der Waals surface area contributed by atoms with Crippen LogP contribution in [0.3, 0.4) is 0 Å². The molecule has 1 heterocycles. The first-order chi connectivity index (χ1) is 18.1. The van der Waals surface area contributed by atoms with Crippen LogP contribution in [0.4, 0.5) is 11.4 Å². The van der Waals surface area contributed by atoms with Crippen molar-refractivity contribution in [2.45, 2.75) is 17.9 Å². The number of rotatable bonds is 9. The summed E-state index contributed by atoms with van der Waals surface area (Å²) >= 11 is 0. The molecule has 0 aliphatic rings. The van der Waals surface area contributed by atoms with Crippen LogP contribution < -0.4 is 25.2 Å². The van der Waals surface area contributed by atoms with Crippen molar-refractivity contribution >= 4 is 44.3 Å². The van der Waals surface area contributed by atoms with Crippen molar-refractivity contribution in [3.8, 4) is 11.5 Å². The van der Waals surface area contributed by atoms with E-state index in [1.807, 2.05) is 0 Å². The van der Waals surface area contributed by atoms with Gasteiger partial charge < -0.3 is 29.5 Å². The minimum absolute atomic E-state index is 0.0535. The number of carbonyl (C=O) groups is 2. The Bertz CT molecular complexity index is 1680. The molecule has 0 aliphatic carbocycles. The van der Waals surface area contributed by atoms with Gasteiger partial charge in [0.15, 0.2) is 6.10 Å². The van der Waals surface area contributed by atoms with Crippen LogP contribution in [0.2, 0.25) is 0 Å². The molecule has 3 aromatic carbocycles. The zero-order valence-electron chi connectivity index (χ0n) is 20.5. The van der Waals surface area contributed by atoms with Crippen LogP contribution in [0, 0.1) is 0 Å². The average Bonchev–Trinajstić information content (AvgIpc) is 3.27. The summed E-state index contributed by atoms with van der Waals surface area (Å²) in [5.74, 6) is -0.709. The second-order valence-electron chi connectivity index (χ2n) is 8.04. The van der Waals surface area contributed by atoms with Crippen molar-refractivity contribution in [1.29, 1.82) is 0 Å². The first-order valence-electron chi connectivity index (χ1n) is 11.2. The van der Waals surface area contributed by atoms with Gasteiger partial charge in [-0.25, -0.2) is 18.0 Å². The Morgan fingerprint density at radius 1 is 0.895 bits per heavy atom. The Kier molecular flexibility index (Phi) is 7.39. The fourth-order valence-electron chi connectivity index (χ4n) is 3.56. The number of fused-ring (bicyclic) bond motifs is 1. The van der Waals surface area contributed by atoms with Crippen LogP contribution in [0.15, 0.2) is 70.4 Å². The number of esters is 1. The Labute approximate surface area is 217 Å². The number of nitrogens with one attached hydrogen (secondary N) is 4. The maximum atomic E-state index is 13.0. The molecule has 4 N–H and O–H groups in total. The molecule has 0 saturated heterocycles. The lowest BCUT2D eigenvalue weighted by Crippen LogP contribution is -2.30. The third-order valence-corrected chi connectivity index (χ3v) is 6.87. The predicted octanol–water partition coefficient (Wildman–Crippen LogP) is 2.86. The number of amides is 1. The van der Waals surface area contributed by atoms with E-state index in [0.29, 0.717) is 28.2 Å². The molecule has 0 aliphatic heterocycles. The summed E-state index contributed by atoms with van der Waals surface area (Å²) in [6.45, 7) is 1.37. The van der Waals surface area contributed by atoms with Crippen LogP contribution in [0.25, 0.3) is 11.0 Å². The number of para-hydroxylation sites is 1. The van der Waals surface area contributed by atoms with E-state index in [4.69, 9.17) is 14.2 Å². The Morgan fingerprint density at radius 2 is 1.63 bits per heavy atom. The minimum Gasteiger partial charge on any atom is -0.497 e. The quantitative estimate of drug-likeness (QED) is 0.235. The second-order valence-corrected chi connectivity index (χ2v) is 9.72. The SMILES string of the molecule is COc1ccc(OC)c(NC(=O)[C@H](C)OC(=O)c2ccccc2NS(=O)(=O)c2ccc3[nH]c(=O)[nH]c3c2)c1. The molecule has 0 spiro atoms. The zero-order chi connectivity index (χ0) is 27.4. The maximum absolute atomic E-state index is 13.0. The molecule has 4 aromatic rings. The number of sulfonamides is 1. The van der Waals surface area contributed by atoms with Crippen molar-refractivity contribution < 1.29 is 32.2 Å². The molecule has 0 saturated carbocycles. The average molecular weight is 541 g/mol. The minimum atomic E-state index is -4.15. The molecule has 0 bridgehead atoms. The number of anilines is 2. The van der Waals surface area contributed by atoms with Crippen molar-refractivity contribution in [1.82, 2.24) is 9.97 Å². The van der Waals surface area contributed by atoms with Crippen molar-refractivity contribution in [3.05, 3.63) is 76.7 Å². The van der Waals surface area contributed by atoms with Crippen LogP contribution in [0.1, 0.15) is 17.3 Å². The molecule has 0 fully saturated rings. The van der Waals surface area contributed by atoms with E-state index < -0.39 is 33.7 Å². The molecule has 0 unspecified atom stereocenters. The van der Waals surface area contributed by atoms with Gasteiger partial charge in [-0.15, -0.1) is 0 Å². The highest BCUT2D eigenvalue weighted by molar-refractivity contribution is 7.92. The van der Waals surface area contributed by atoms with Gasteiger partial charge in [0.25, 0.3) is 15.9 Å². The van der Waals surface area contributed by atoms with E-state index in [2.05, 4.69) is 20.0 Å². The summed E-state index contributed by atoms with van der Waals surface area (Å²) in [5, 5.41) is 2.62. The number of methoxy groups -OCH3 is 2. The third kappa shape index (κ3) is 5.62. The summed E-state index contributed by atoms with van der Waals surface area (Å²) in [6, 6.07) is 14.7. The van der Waals surface area contributed by atoms with Gasteiger partial charge in [0, 0.05) is 6.07 Å². The molecule has 0 radical (unpaired) electrons. The number of hydrogen-bond donors (Lipinski definition) is 4. The molecular formula is C25H24N4O8S. The van der Waals surface area contributed by atoms with Gasteiger partial charge >= 0.3 is 11.7 Å². The number of aromatic nitrogens is 2. The third-order valence-electron chi connectivity index (χ3n) is 5.51. The number of carbonyl (C=O) groups excluding carboxylic acids is 2. The van der Waals surface area contributed by atoms with E-state index in [1.165, 1.54) is 63.6 Å². The van der Waals surface area contributed by atoms with Crippen LogP contribution in [-0.4, -0.2) is 50.6 Å². The van der Waals surface area contributed by atoms with Gasteiger partial charge in [0.1, 0.15) is 11.5 Å². The summed E-state index contributed by atoms with van der Waals surface area (Å²) in [7, 11) is -1.24. The number of H-pyrrole nitrogens is 2. The number of ether oxygens (including phenoxy) is 3. The number of imidazole rings is 1. The summed E-state index contributed by atoms with van der Waals surface area (Å²) in [4.78, 5) is 42.0. The van der Waals surface area contributed by atoms with Gasteiger partial charge in [0.05, 0.1) is 47.1 Å². The highest BCUT2D eigenvalue weighted by atomic mass is 32.2. The van der Waals surface area contributed by atoms with E-state index in [1.54, 1.807) is 18.2 Å². The van der Waals surface area contributed by atoms with E-state index in [9.17, 15) is 22.8 Å². The highest BCUT2D eigenvalue weighted by Crippen LogP contribution is 2.29. The summed E-state index contributed by atoms with van der Waals surface area (Å²) in [5.41, 5.74) is 0.426. The van der Waals surface area contributed by atoms with Gasteiger partial charge in [-0.1, -0.05) is 12.1 Å². The summed E-state index contributed by atoms with van der Waals surface area (Å²) < 4.78 is 44.1. The molecule has 1 atom stereocenters. The molecule has 4 rings (SSSR count). The van der Waals surface area contributed by atoms with Gasteiger partial charge in [-0.3, -0.25) is 9.52 Å². The van der Waals surface area contributed by atoms with E-state index in [-0.39, 0.29) is 16.1 Å². The van der Waals surface area contributed by atoms with Crippen molar-refractivity contribution in [2.24, 2.45) is 0 Å². The largest absolute Gasteiger partial charge is 0.497 e. The lowest BCUT2D eigenvalue weighted by molar-refractivity contribution is -0.123. The highest BCUT2D eigenvalue weighted by Gasteiger charge is 2.24.